The first kappa shape index (κ1) is 18.8. The Balaban J connectivity index is 1.58. The van der Waals surface area contributed by atoms with Gasteiger partial charge in [-0.3, -0.25) is 9.59 Å². The van der Waals surface area contributed by atoms with E-state index in [1.54, 1.807) is 12.0 Å². The number of ether oxygens (including phenoxy) is 2. The molecule has 1 heterocycles. The van der Waals surface area contributed by atoms with Gasteiger partial charge in [-0.05, 0) is 48.9 Å². The van der Waals surface area contributed by atoms with Gasteiger partial charge in [0, 0.05) is 25.2 Å². The van der Waals surface area contributed by atoms with Gasteiger partial charge in [0.25, 0.3) is 0 Å². The SMILES string of the molecule is CCOc1ccc(N2C[C@H](C(=O)NCc3cccc(OC)c3)CC2=O)cc1. The lowest BCUT2D eigenvalue weighted by Gasteiger charge is -2.17. The Hall–Kier alpha value is -3.02. The van der Waals surface area contributed by atoms with Crippen LogP contribution in [0.5, 0.6) is 11.5 Å². The van der Waals surface area contributed by atoms with E-state index in [1.165, 1.54) is 0 Å². The number of amides is 2. The van der Waals surface area contributed by atoms with Crippen LogP contribution < -0.4 is 19.7 Å². The van der Waals surface area contributed by atoms with E-state index in [4.69, 9.17) is 9.47 Å². The third kappa shape index (κ3) is 4.58. The number of nitrogens with zero attached hydrogens (tertiary/aromatic N) is 1. The molecule has 0 saturated carbocycles. The van der Waals surface area contributed by atoms with Crippen molar-refractivity contribution in [2.45, 2.75) is 19.9 Å². The van der Waals surface area contributed by atoms with Crippen molar-refractivity contribution in [2.75, 3.05) is 25.2 Å². The Bertz CT molecular complexity index is 804. The molecule has 1 aliphatic rings. The van der Waals surface area contributed by atoms with Crippen LogP contribution in [0, 0.1) is 5.92 Å². The molecule has 0 unspecified atom stereocenters. The Morgan fingerprint density at radius 1 is 1.19 bits per heavy atom. The first-order valence-electron chi connectivity index (χ1n) is 9.04. The fourth-order valence-electron chi connectivity index (χ4n) is 3.14. The van der Waals surface area contributed by atoms with E-state index in [-0.39, 0.29) is 24.2 Å². The number of hydrogen-bond donors (Lipinski definition) is 1. The molecule has 0 aliphatic carbocycles. The fraction of sp³-hybridized carbons (Fsp3) is 0.333. The van der Waals surface area contributed by atoms with Gasteiger partial charge in [0.15, 0.2) is 0 Å². The summed E-state index contributed by atoms with van der Waals surface area (Å²) in [7, 11) is 1.61. The van der Waals surface area contributed by atoms with Crippen molar-refractivity contribution in [3.63, 3.8) is 0 Å². The van der Waals surface area contributed by atoms with Gasteiger partial charge < -0.3 is 19.7 Å². The number of anilines is 1. The first-order valence-corrected chi connectivity index (χ1v) is 9.04. The van der Waals surface area contributed by atoms with E-state index in [2.05, 4.69) is 5.32 Å². The molecule has 0 bridgehead atoms. The fourth-order valence-corrected chi connectivity index (χ4v) is 3.14. The largest absolute Gasteiger partial charge is 0.497 e. The van der Waals surface area contributed by atoms with Gasteiger partial charge >= 0.3 is 0 Å². The quantitative estimate of drug-likeness (QED) is 0.816. The minimum Gasteiger partial charge on any atom is -0.497 e. The summed E-state index contributed by atoms with van der Waals surface area (Å²) in [6.45, 7) is 3.31. The summed E-state index contributed by atoms with van der Waals surface area (Å²) in [5.41, 5.74) is 1.74. The molecule has 2 aromatic rings. The van der Waals surface area contributed by atoms with Crippen LogP contribution >= 0.6 is 0 Å². The second kappa shape index (κ2) is 8.58. The third-order valence-corrected chi connectivity index (χ3v) is 4.56. The van der Waals surface area contributed by atoms with Gasteiger partial charge in [-0.25, -0.2) is 0 Å². The van der Waals surface area contributed by atoms with E-state index >= 15 is 0 Å². The monoisotopic (exact) mass is 368 g/mol. The first-order chi connectivity index (χ1) is 13.1. The number of hydrogen-bond acceptors (Lipinski definition) is 4. The number of nitrogens with one attached hydrogen (secondary N) is 1. The molecule has 6 heteroatoms. The maximum absolute atomic E-state index is 12.5. The minimum atomic E-state index is -0.352. The summed E-state index contributed by atoms with van der Waals surface area (Å²) in [6.07, 6.45) is 0.219. The maximum atomic E-state index is 12.5. The summed E-state index contributed by atoms with van der Waals surface area (Å²) in [5.74, 6) is 1.01. The molecule has 0 spiro atoms. The van der Waals surface area contributed by atoms with E-state index in [1.807, 2.05) is 55.5 Å². The van der Waals surface area contributed by atoms with Crippen molar-refractivity contribution in [3.8, 4) is 11.5 Å². The van der Waals surface area contributed by atoms with Crippen molar-refractivity contribution < 1.29 is 19.1 Å². The summed E-state index contributed by atoms with van der Waals surface area (Å²) in [6, 6.07) is 14.9. The molecular formula is C21H24N2O4. The van der Waals surface area contributed by atoms with Gasteiger partial charge in [0.2, 0.25) is 11.8 Å². The van der Waals surface area contributed by atoms with Crippen molar-refractivity contribution in [3.05, 3.63) is 54.1 Å². The molecule has 2 aromatic carbocycles. The van der Waals surface area contributed by atoms with Crippen LogP contribution in [0.1, 0.15) is 18.9 Å². The van der Waals surface area contributed by atoms with Crippen LogP contribution in [0.15, 0.2) is 48.5 Å². The molecule has 6 nitrogen and oxygen atoms in total. The summed E-state index contributed by atoms with van der Waals surface area (Å²) in [4.78, 5) is 26.5. The van der Waals surface area contributed by atoms with Crippen molar-refractivity contribution in [1.82, 2.24) is 5.32 Å². The molecule has 3 rings (SSSR count). The summed E-state index contributed by atoms with van der Waals surface area (Å²) >= 11 is 0. The number of carbonyl (C=O) groups excluding carboxylic acids is 2. The molecule has 2 amide bonds. The van der Waals surface area contributed by atoms with Gasteiger partial charge in [-0.2, -0.15) is 0 Å². The highest BCUT2D eigenvalue weighted by Gasteiger charge is 2.35. The Morgan fingerprint density at radius 3 is 2.67 bits per heavy atom. The highest BCUT2D eigenvalue weighted by Crippen LogP contribution is 2.27. The number of methoxy groups -OCH3 is 1. The van der Waals surface area contributed by atoms with E-state index in [9.17, 15) is 9.59 Å². The molecule has 0 aromatic heterocycles. The van der Waals surface area contributed by atoms with Gasteiger partial charge in [0.05, 0.1) is 19.6 Å². The lowest BCUT2D eigenvalue weighted by atomic mass is 10.1. The summed E-state index contributed by atoms with van der Waals surface area (Å²) in [5, 5.41) is 2.92. The Labute approximate surface area is 159 Å². The Kier molecular flexibility index (Phi) is 5.96. The number of benzene rings is 2. The van der Waals surface area contributed by atoms with Gasteiger partial charge in [0.1, 0.15) is 11.5 Å². The molecule has 1 N–H and O–H groups in total. The number of rotatable bonds is 7. The maximum Gasteiger partial charge on any atom is 0.227 e. The summed E-state index contributed by atoms with van der Waals surface area (Å²) < 4.78 is 10.6. The molecule has 0 radical (unpaired) electrons. The van der Waals surface area contributed by atoms with Crippen LogP contribution in [-0.4, -0.2) is 32.1 Å². The molecule has 27 heavy (non-hydrogen) atoms. The smallest absolute Gasteiger partial charge is 0.227 e. The zero-order valence-corrected chi connectivity index (χ0v) is 15.6. The van der Waals surface area contributed by atoms with Crippen LogP contribution in [0.25, 0.3) is 0 Å². The highest BCUT2D eigenvalue weighted by atomic mass is 16.5. The standard InChI is InChI=1S/C21H24N2O4/c1-3-27-18-9-7-17(8-10-18)23-14-16(12-20(23)24)21(25)22-13-15-5-4-6-19(11-15)26-2/h4-11,16H,3,12-14H2,1-2H3,(H,22,25)/t16-/m1/s1. The Morgan fingerprint density at radius 2 is 1.96 bits per heavy atom. The highest BCUT2D eigenvalue weighted by molar-refractivity contribution is 6.00. The minimum absolute atomic E-state index is 0.0410. The van der Waals surface area contributed by atoms with Crippen molar-refractivity contribution >= 4 is 17.5 Å². The van der Waals surface area contributed by atoms with E-state index in [0.717, 1.165) is 22.7 Å². The molecule has 1 atom stereocenters. The topological polar surface area (TPSA) is 67.9 Å². The second-order valence-electron chi connectivity index (χ2n) is 6.40. The lowest BCUT2D eigenvalue weighted by Crippen LogP contribution is -2.32. The second-order valence-corrected chi connectivity index (χ2v) is 6.40. The number of carbonyl (C=O) groups is 2. The van der Waals surface area contributed by atoms with Gasteiger partial charge in [-0.15, -0.1) is 0 Å². The van der Waals surface area contributed by atoms with E-state index in [0.29, 0.717) is 19.7 Å². The predicted molar refractivity (Wildman–Crippen MR) is 103 cm³/mol. The zero-order valence-electron chi connectivity index (χ0n) is 15.6. The normalized spacial score (nSPS) is 16.3. The average molecular weight is 368 g/mol. The van der Waals surface area contributed by atoms with Crippen molar-refractivity contribution in [1.29, 1.82) is 0 Å². The van der Waals surface area contributed by atoms with Crippen LogP contribution in [0.3, 0.4) is 0 Å². The molecule has 142 valence electrons. The van der Waals surface area contributed by atoms with E-state index < -0.39 is 0 Å². The average Bonchev–Trinajstić information content (AvgIpc) is 3.09. The predicted octanol–water partition coefficient (Wildman–Crippen LogP) is 2.76. The van der Waals surface area contributed by atoms with Crippen LogP contribution in [0.4, 0.5) is 5.69 Å². The van der Waals surface area contributed by atoms with Crippen LogP contribution in [0.2, 0.25) is 0 Å². The third-order valence-electron chi connectivity index (χ3n) is 4.56. The molecule has 1 aliphatic heterocycles. The molecular weight excluding hydrogens is 344 g/mol. The zero-order chi connectivity index (χ0) is 19.2. The van der Waals surface area contributed by atoms with Crippen LogP contribution in [-0.2, 0) is 16.1 Å². The molecule has 1 fully saturated rings. The van der Waals surface area contributed by atoms with Gasteiger partial charge in [-0.1, -0.05) is 12.1 Å². The lowest BCUT2D eigenvalue weighted by molar-refractivity contribution is -0.126. The molecule has 1 saturated heterocycles. The van der Waals surface area contributed by atoms with Crippen molar-refractivity contribution in [2.24, 2.45) is 5.92 Å².